The van der Waals surface area contributed by atoms with Gasteiger partial charge in [-0.15, -0.1) is 58.0 Å². The second-order valence-electron chi connectivity index (χ2n) is 36.2. The number of nitrogens with two attached hydrogens (primary N) is 1. The number of aromatic nitrogens is 12. The fraction of sp³-hybridized carbons (Fsp3) is 0.137. The van der Waals surface area contributed by atoms with E-state index in [-0.39, 0.29) is 43.1 Å². The highest BCUT2D eigenvalue weighted by Crippen LogP contribution is 2.45. The molecule has 0 radical (unpaired) electrons. The Morgan fingerprint density at radius 2 is 0.628 bits per heavy atom. The molecule has 2 aliphatic rings. The van der Waals surface area contributed by atoms with Crippen molar-refractivity contribution in [2.45, 2.75) is 110 Å². The maximum absolute atomic E-state index is 10.5. The first kappa shape index (κ1) is 107. The van der Waals surface area contributed by atoms with Crippen LogP contribution in [0.5, 0.6) is 0 Å². The van der Waals surface area contributed by atoms with Crippen LogP contribution in [0.2, 0.25) is 0 Å². The first-order chi connectivity index (χ1) is 70.9. The van der Waals surface area contributed by atoms with Gasteiger partial charge in [0.25, 0.3) is 5.24 Å². The van der Waals surface area contributed by atoms with Gasteiger partial charge >= 0.3 is 14.4 Å². The Labute approximate surface area is 920 Å². The summed E-state index contributed by atoms with van der Waals surface area (Å²) in [6.07, 6.45) is 7.19. The molecule has 0 atom stereocenters. The highest BCUT2D eigenvalue weighted by atomic mass is 79.9. The van der Waals surface area contributed by atoms with Gasteiger partial charge in [-0.25, -0.2) is 39.9 Å². The van der Waals surface area contributed by atoms with Crippen molar-refractivity contribution in [1.29, 1.82) is 0 Å². The third kappa shape index (κ3) is 25.3. The van der Waals surface area contributed by atoms with Gasteiger partial charge in [-0.05, 0) is 287 Å². The van der Waals surface area contributed by atoms with Crippen LogP contribution in [-0.2, 0) is 23.3 Å². The van der Waals surface area contributed by atoms with E-state index >= 15 is 0 Å². The highest BCUT2D eigenvalue weighted by Gasteiger charge is 2.54. The summed E-state index contributed by atoms with van der Waals surface area (Å²) in [5, 5.41) is 3.69. The quantitative estimate of drug-likeness (QED) is 0.0445. The van der Waals surface area contributed by atoms with E-state index in [9.17, 15) is 4.79 Å². The van der Waals surface area contributed by atoms with Gasteiger partial charge in [0.2, 0.25) is 0 Å². The molecule has 22 aromatic rings. The molecule has 2 fully saturated rings. The SMILES string of the molecule is Brc1ccc(-c2nc3ccccc3s2)cc1.Brc1ccc(Br)c2nc(-c3ccccn3)c(-c3ccccn3)nc12.C.CC(C)OB1OC(C)(C)C(C)(C)O1.CC1(C)OB(c2ccc(-c3nc4ccccc4s3)cc2)OC1(C)C.Nc1ccccc1S.O=C(Cl)c1ccc(Br)cc1.c1ccc(-c2nc3c(-c4ccc(-c5nc6ccccc6s5)cc4)ccc(-c4ccc(-c5nc6ccccc6s5)cc4)c3nc2-c2ccccn2)nc1. The summed E-state index contributed by atoms with van der Waals surface area (Å²) in [5.41, 5.74) is 28.1. The molecule has 148 heavy (non-hydrogen) atoms. The molecule has 2 saturated heterocycles. The number of thiazole rings is 4. The molecule has 0 bridgehead atoms. The highest BCUT2D eigenvalue weighted by molar-refractivity contribution is 9.11. The van der Waals surface area contributed by atoms with Crippen molar-refractivity contribution in [1.82, 2.24) is 59.8 Å². The van der Waals surface area contributed by atoms with E-state index in [1.807, 2.05) is 211 Å². The molecule has 12 aromatic carbocycles. The maximum atomic E-state index is 10.5. The standard InChI is InChI=1S/C44H26N6S2.C19H20BNO2S.C18H10Br2N4.C13H8BrNS.C9H19BO3.C7H4BrClO.C6H7NS.CH4/c1-3-13-37-33(9-1)47-43(51-37)29-19-15-27(16-20-29)31-23-24-32(28-17-21-30(22-18-28)44-48-34-10-2-4-14-38(34)52-44)40-39(31)49-41(35-11-5-7-25-45-35)42(50-40)36-12-6-8-26-46-36;1-18(2)19(3,4)23-20(22-18)14-11-9-13(10-12-14)17-21-15-7-5-6-8-16(15)24-17;19-11-7-8-12(20)16-15(11)23-17(13-5-1-3-9-21-13)18(24-16)14-6-2-4-10-22-14;14-10-7-5-9(6-8-10)13-15-11-3-1-2-4-12(11)16-13;1-7(2)11-10-12-8(3,4)9(5,6)13-10;8-6-3-1-5(2-4-6)7(9)10;7-5-3-1-2-4-6(5)8;/h1-26H;5-12H,1-4H3;1-10H;1-8H;7H,1-6H3;1-4H;1-4,8H,7H2;1H4. The number of nitrogen functional groups attached to an aromatic ring is 1. The second-order valence-corrected chi connectivity index (χ2v) is 44.7. The molecular weight excluding hydrogens is 2220 g/mol. The van der Waals surface area contributed by atoms with Crippen LogP contribution in [0, 0.1) is 0 Å². The summed E-state index contributed by atoms with van der Waals surface area (Å²) >= 11 is 29.9. The van der Waals surface area contributed by atoms with Crippen molar-refractivity contribution in [2.24, 2.45) is 0 Å². The molecule has 24 rings (SSSR count). The van der Waals surface area contributed by atoms with Crippen LogP contribution < -0.4 is 11.2 Å². The predicted octanol–water partition coefficient (Wildman–Crippen LogP) is 32.9. The molecular formula is C117H98B2Br4ClN13O6S5. The van der Waals surface area contributed by atoms with Gasteiger partial charge < -0.3 is 29.0 Å². The van der Waals surface area contributed by atoms with Gasteiger partial charge in [0.15, 0.2) is 0 Å². The molecule has 12 heterocycles. The Morgan fingerprint density at radius 1 is 0.345 bits per heavy atom. The summed E-state index contributed by atoms with van der Waals surface area (Å²) < 4.78 is 37.5. The Bertz CT molecular complexity index is 7920. The molecule has 2 aliphatic heterocycles. The number of anilines is 1. The zero-order valence-electron chi connectivity index (χ0n) is 81.2. The molecule has 0 spiro atoms. The van der Waals surface area contributed by atoms with Gasteiger partial charge in [0, 0.05) is 98.3 Å². The third-order valence-electron chi connectivity index (χ3n) is 24.6. The van der Waals surface area contributed by atoms with Gasteiger partial charge in [0.1, 0.15) is 53.8 Å². The number of hydrogen-bond acceptors (Lipinski definition) is 24. The number of halogens is 5. The number of hydrogen-bond donors (Lipinski definition) is 2. The molecule has 0 aliphatic carbocycles. The first-order valence-corrected chi connectivity index (χ1v) is 54.2. The smallest absolute Gasteiger partial charge is 0.399 e. The van der Waals surface area contributed by atoms with E-state index in [4.69, 9.17) is 85.5 Å². The van der Waals surface area contributed by atoms with Crippen molar-refractivity contribution in [3.8, 4) is 110 Å². The van der Waals surface area contributed by atoms with Crippen LogP contribution in [0.25, 0.3) is 173 Å². The summed E-state index contributed by atoms with van der Waals surface area (Å²) in [4.78, 5) is 69.2. The van der Waals surface area contributed by atoms with Gasteiger partial charge in [-0.3, -0.25) is 24.7 Å². The predicted molar refractivity (Wildman–Crippen MR) is 630 cm³/mol. The summed E-state index contributed by atoms with van der Waals surface area (Å²) in [6.45, 7) is 20.3. The number of para-hydroxylation sites is 5. The zero-order chi connectivity index (χ0) is 103. The number of nitrogens with zero attached hydrogens (tertiary/aromatic N) is 12. The summed E-state index contributed by atoms with van der Waals surface area (Å²) in [6, 6.07) is 112. The lowest BCUT2D eigenvalue weighted by Gasteiger charge is -2.32. The molecule has 2 N–H and O–H groups in total. The van der Waals surface area contributed by atoms with E-state index < -0.39 is 12.6 Å². The lowest BCUT2D eigenvalue weighted by Crippen LogP contribution is -2.41. The maximum Gasteiger partial charge on any atom is 0.640 e. The number of thiol groups is 1. The summed E-state index contributed by atoms with van der Waals surface area (Å²) in [5.74, 6) is 0. The fourth-order valence-electron chi connectivity index (χ4n) is 15.5. The molecule has 10 aromatic heterocycles. The normalized spacial score (nSPS) is 13.4. The van der Waals surface area contributed by atoms with Gasteiger partial charge in [-0.2, -0.15) is 0 Å². The molecule has 0 amide bonds. The minimum absolute atomic E-state index is 0. The number of carbonyl (C=O) groups is 1. The minimum Gasteiger partial charge on any atom is -0.399 e. The van der Waals surface area contributed by atoms with E-state index in [1.54, 1.807) is 94.4 Å². The van der Waals surface area contributed by atoms with Crippen molar-refractivity contribution in [2.75, 3.05) is 5.73 Å². The number of pyridine rings is 4. The molecule has 0 saturated carbocycles. The number of benzene rings is 12. The van der Waals surface area contributed by atoms with Crippen LogP contribution >= 0.6 is 133 Å². The number of fused-ring (bicyclic) bond motifs is 6. The fourth-order valence-corrected chi connectivity index (χ4v) is 21.0. The van der Waals surface area contributed by atoms with E-state index in [0.717, 1.165) is 160 Å². The molecule has 0 unspecified atom stereocenters. The monoisotopic (exact) mass is 2310 g/mol. The lowest BCUT2D eigenvalue weighted by molar-refractivity contribution is 0.00578. The molecule has 31 heteroatoms. The largest absolute Gasteiger partial charge is 0.640 e. The summed E-state index contributed by atoms with van der Waals surface area (Å²) in [7, 11) is -0.843. The van der Waals surface area contributed by atoms with Crippen LogP contribution in [-0.4, -0.2) is 108 Å². The minimum atomic E-state index is -0.523. The first-order valence-electron chi connectivity index (χ1n) is 46.9. The van der Waals surface area contributed by atoms with Crippen LogP contribution in [0.1, 0.15) is 87.0 Å². The average Bonchev–Trinajstić information content (AvgIpc) is 1.24. The topological polar surface area (TPSA) is 244 Å². The van der Waals surface area contributed by atoms with Crippen molar-refractivity contribution in [3.63, 3.8) is 0 Å². The Balaban J connectivity index is 0.000000131. The van der Waals surface area contributed by atoms with Crippen molar-refractivity contribution >= 4 is 227 Å². The lowest BCUT2D eigenvalue weighted by atomic mass is 9.79. The Kier molecular flexibility index (Phi) is 34.3. The molecule has 19 nitrogen and oxygen atoms in total. The van der Waals surface area contributed by atoms with Gasteiger partial charge in [-0.1, -0.05) is 221 Å². The Hall–Kier alpha value is -12.6. The zero-order valence-corrected chi connectivity index (χ0v) is 92.5. The van der Waals surface area contributed by atoms with E-state index in [0.29, 0.717) is 28.3 Å². The van der Waals surface area contributed by atoms with Crippen LogP contribution in [0.3, 0.4) is 0 Å². The molecule has 738 valence electrons. The average molecular weight is 2320 g/mol. The number of rotatable bonds is 14. The van der Waals surface area contributed by atoms with Crippen molar-refractivity contribution < 1.29 is 28.1 Å². The Morgan fingerprint density at radius 3 is 0.926 bits per heavy atom. The van der Waals surface area contributed by atoms with Crippen LogP contribution in [0.15, 0.2) is 387 Å². The van der Waals surface area contributed by atoms with Crippen molar-refractivity contribution in [3.05, 3.63) is 388 Å². The van der Waals surface area contributed by atoms with E-state index in [1.165, 1.54) is 24.4 Å². The number of carbonyl (C=O) groups excluding carboxylic acids is 1. The second kappa shape index (κ2) is 47.5. The van der Waals surface area contributed by atoms with E-state index in [2.05, 4.69) is 265 Å². The third-order valence-corrected chi connectivity index (χ3v) is 31.9. The van der Waals surface area contributed by atoms with Gasteiger partial charge in [0.05, 0.1) is 97.1 Å². The van der Waals surface area contributed by atoms with Crippen LogP contribution in [0.4, 0.5) is 5.69 Å².